The van der Waals surface area contributed by atoms with E-state index >= 15 is 0 Å². The van der Waals surface area contributed by atoms with Crippen LogP contribution in [-0.2, 0) is 4.74 Å². The lowest BCUT2D eigenvalue weighted by atomic mass is 10.1. The Morgan fingerprint density at radius 1 is 1.27 bits per heavy atom. The van der Waals surface area contributed by atoms with Crippen LogP contribution in [0.2, 0.25) is 0 Å². The minimum Gasteiger partial charge on any atom is -0.465 e. The van der Waals surface area contributed by atoms with Crippen molar-refractivity contribution in [1.82, 2.24) is 14.8 Å². The van der Waals surface area contributed by atoms with Crippen LogP contribution in [0.1, 0.15) is 28.9 Å². The summed E-state index contributed by atoms with van der Waals surface area (Å²) in [7, 11) is 1.30. The lowest BCUT2D eigenvalue weighted by molar-refractivity contribution is 0.0600. The number of rotatable bonds is 3. The Bertz CT molecular complexity index is 835. The first kappa shape index (κ1) is 14.1. The van der Waals surface area contributed by atoms with Crippen LogP contribution in [0.15, 0.2) is 47.5 Å². The number of hydrogen-bond donors (Lipinski definition) is 1. The minimum absolute atomic E-state index is 0.0386. The van der Waals surface area contributed by atoms with Crippen LogP contribution in [-0.4, -0.2) is 27.8 Å². The van der Waals surface area contributed by atoms with E-state index in [-0.39, 0.29) is 17.2 Å². The summed E-state index contributed by atoms with van der Waals surface area (Å²) in [5, 5.41) is 6.28. The number of methoxy groups -OCH3 is 1. The molecule has 0 bridgehead atoms. The van der Waals surface area contributed by atoms with Crippen LogP contribution in [0, 0.1) is 0 Å². The maximum Gasteiger partial charge on any atom is 0.341 e. The average molecular weight is 297 g/mol. The van der Waals surface area contributed by atoms with Gasteiger partial charge in [-0.2, -0.15) is 5.10 Å². The Morgan fingerprint density at radius 2 is 2.00 bits per heavy atom. The first-order valence-corrected chi connectivity index (χ1v) is 6.85. The van der Waals surface area contributed by atoms with Gasteiger partial charge in [-0.15, -0.1) is 0 Å². The van der Waals surface area contributed by atoms with Crippen LogP contribution in [0.25, 0.3) is 11.3 Å². The Morgan fingerprint density at radius 3 is 2.68 bits per heavy atom. The third-order valence-electron chi connectivity index (χ3n) is 3.71. The zero-order valence-corrected chi connectivity index (χ0v) is 12.2. The van der Waals surface area contributed by atoms with Crippen molar-refractivity contribution in [2.24, 2.45) is 0 Å². The van der Waals surface area contributed by atoms with Crippen molar-refractivity contribution >= 4 is 5.97 Å². The highest BCUT2D eigenvalue weighted by atomic mass is 16.5. The summed E-state index contributed by atoms with van der Waals surface area (Å²) < 4.78 is 6.61. The Balaban J connectivity index is 2.18. The third-order valence-corrected chi connectivity index (χ3v) is 3.71. The number of esters is 1. The molecule has 1 aromatic carbocycles. The molecule has 0 fully saturated rings. The van der Waals surface area contributed by atoms with Crippen LogP contribution >= 0.6 is 0 Å². The van der Waals surface area contributed by atoms with Gasteiger partial charge in [0.05, 0.1) is 18.7 Å². The number of hydrogen-bond acceptors (Lipinski definition) is 4. The molecule has 0 aromatic heterocycles. The standard InChI is InChI=1S/C16H15N3O3/c1-10(11-6-4-3-5-7-11)19-8-12-14(17-18-15(12)20)13(9-19)16(21)22-2/h3-10H,1-2H3,(H,18,20). The second kappa shape index (κ2) is 5.48. The van der Waals surface area contributed by atoms with Crippen LogP contribution < -0.4 is 5.56 Å². The number of fused-ring (bicyclic) bond motifs is 1. The highest BCUT2D eigenvalue weighted by molar-refractivity contribution is 5.95. The molecule has 2 heterocycles. The summed E-state index contributed by atoms with van der Waals surface area (Å²) in [6.45, 7) is 1.99. The van der Waals surface area contributed by atoms with Gasteiger partial charge in [0.25, 0.3) is 5.56 Å². The van der Waals surface area contributed by atoms with E-state index in [9.17, 15) is 9.59 Å². The molecule has 2 aliphatic rings. The topological polar surface area (TPSA) is 77.0 Å². The molecular weight excluding hydrogens is 282 g/mol. The number of aromatic amines is 1. The summed E-state index contributed by atoms with van der Waals surface area (Å²) in [5.74, 6) is -0.522. The molecule has 2 aliphatic heterocycles. The molecule has 0 saturated carbocycles. The minimum atomic E-state index is -0.522. The Kier molecular flexibility index (Phi) is 3.50. The number of carbonyl (C=O) groups excluding carboxylic acids is 1. The maximum absolute atomic E-state index is 12.0. The number of nitrogens with zero attached hydrogens (tertiary/aromatic N) is 2. The lowest BCUT2D eigenvalue weighted by Gasteiger charge is -2.19. The lowest BCUT2D eigenvalue weighted by Crippen LogP contribution is -2.15. The summed E-state index contributed by atoms with van der Waals surface area (Å²) in [6.07, 6.45) is 3.36. The van der Waals surface area contributed by atoms with Crippen molar-refractivity contribution in [3.63, 3.8) is 0 Å². The molecule has 0 radical (unpaired) electrons. The zero-order valence-electron chi connectivity index (χ0n) is 12.2. The Hall–Kier alpha value is -2.89. The zero-order chi connectivity index (χ0) is 15.7. The average Bonchev–Trinajstić information content (AvgIpc) is 2.94. The summed E-state index contributed by atoms with van der Waals surface area (Å²) in [6, 6.07) is 9.78. The van der Waals surface area contributed by atoms with Crippen molar-refractivity contribution in [2.45, 2.75) is 13.0 Å². The molecule has 1 N–H and O–H groups in total. The molecule has 3 rings (SSSR count). The first-order valence-electron chi connectivity index (χ1n) is 6.85. The largest absolute Gasteiger partial charge is 0.465 e. The van der Waals surface area contributed by atoms with Crippen molar-refractivity contribution in [3.8, 4) is 11.3 Å². The molecule has 0 aliphatic carbocycles. The molecule has 1 atom stereocenters. The smallest absolute Gasteiger partial charge is 0.341 e. The predicted octanol–water partition coefficient (Wildman–Crippen LogP) is 2.07. The van der Waals surface area contributed by atoms with Crippen LogP contribution in [0.5, 0.6) is 0 Å². The van der Waals surface area contributed by atoms with Gasteiger partial charge in [-0.3, -0.25) is 4.79 Å². The fourth-order valence-corrected chi connectivity index (χ4v) is 2.44. The van der Waals surface area contributed by atoms with Gasteiger partial charge in [0.1, 0.15) is 11.3 Å². The molecule has 0 amide bonds. The van der Waals surface area contributed by atoms with Gasteiger partial charge < -0.3 is 9.30 Å². The maximum atomic E-state index is 12.0. The van der Waals surface area contributed by atoms with Crippen LogP contribution in [0.4, 0.5) is 0 Å². The first-order chi connectivity index (χ1) is 10.6. The van der Waals surface area contributed by atoms with Gasteiger partial charge in [-0.05, 0) is 12.5 Å². The second-order valence-electron chi connectivity index (χ2n) is 5.01. The fraction of sp³-hybridized carbons (Fsp3) is 0.188. The molecule has 0 saturated heterocycles. The molecule has 0 spiro atoms. The summed E-state index contributed by atoms with van der Waals surface area (Å²) >= 11 is 0. The van der Waals surface area contributed by atoms with Gasteiger partial charge in [0, 0.05) is 12.4 Å². The van der Waals surface area contributed by atoms with E-state index in [1.54, 1.807) is 12.4 Å². The van der Waals surface area contributed by atoms with Crippen molar-refractivity contribution in [2.75, 3.05) is 7.11 Å². The van der Waals surface area contributed by atoms with E-state index in [1.165, 1.54) is 7.11 Å². The molecule has 112 valence electrons. The van der Waals surface area contributed by atoms with Gasteiger partial charge >= 0.3 is 5.97 Å². The number of aromatic nitrogens is 3. The number of nitrogens with one attached hydrogen (secondary N) is 1. The Labute approximate surface area is 126 Å². The molecule has 1 unspecified atom stereocenters. The molecular formula is C16H15N3O3. The quantitative estimate of drug-likeness (QED) is 0.751. The highest BCUT2D eigenvalue weighted by Crippen LogP contribution is 2.25. The number of carbonyl (C=O) groups is 1. The van der Waals surface area contributed by atoms with E-state index in [4.69, 9.17) is 4.74 Å². The second-order valence-corrected chi connectivity index (χ2v) is 5.01. The molecule has 6 heteroatoms. The fourth-order valence-electron chi connectivity index (χ4n) is 2.44. The SMILES string of the molecule is COC(=O)c1cn(C(C)c2ccccc2)cc2c(=O)[nH]nc1-2. The molecule has 1 aromatic rings. The van der Waals surface area contributed by atoms with Crippen molar-refractivity contribution in [3.05, 3.63) is 64.2 Å². The van der Waals surface area contributed by atoms with E-state index in [0.29, 0.717) is 11.3 Å². The highest BCUT2D eigenvalue weighted by Gasteiger charge is 2.23. The summed E-state index contributed by atoms with van der Waals surface area (Å²) in [5.41, 5.74) is 1.70. The monoisotopic (exact) mass is 297 g/mol. The van der Waals surface area contributed by atoms with E-state index < -0.39 is 5.97 Å². The summed E-state index contributed by atoms with van der Waals surface area (Å²) in [4.78, 5) is 23.8. The van der Waals surface area contributed by atoms with Gasteiger partial charge in [0.2, 0.25) is 0 Å². The van der Waals surface area contributed by atoms with E-state index in [2.05, 4.69) is 10.2 Å². The van der Waals surface area contributed by atoms with Crippen LogP contribution in [0.3, 0.4) is 0 Å². The third kappa shape index (κ3) is 2.28. The molecule has 6 nitrogen and oxygen atoms in total. The van der Waals surface area contributed by atoms with Crippen molar-refractivity contribution < 1.29 is 9.53 Å². The van der Waals surface area contributed by atoms with E-state index in [1.807, 2.05) is 41.8 Å². The number of pyridine rings is 1. The van der Waals surface area contributed by atoms with Gasteiger partial charge in [0.15, 0.2) is 0 Å². The van der Waals surface area contributed by atoms with E-state index in [0.717, 1.165) is 5.56 Å². The normalized spacial score (nSPS) is 12.3. The number of ether oxygens (including phenoxy) is 1. The van der Waals surface area contributed by atoms with Gasteiger partial charge in [-0.25, -0.2) is 9.89 Å². The van der Waals surface area contributed by atoms with Gasteiger partial charge in [-0.1, -0.05) is 30.3 Å². The number of benzene rings is 1. The molecule has 22 heavy (non-hydrogen) atoms. The predicted molar refractivity (Wildman–Crippen MR) is 81.1 cm³/mol. The van der Waals surface area contributed by atoms with Crippen molar-refractivity contribution in [1.29, 1.82) is 0 Å². The number of H-pyrrole nitrogens is 1.